The van der Waals surface area contributed by atoms with Gasteiger partial charge in [-0.2, -0.15) is 0 Å². The van der Waals surface area contributed by atoms with E-state index in [4.69, 9.17) is 5.73 Å². The molecule has 1 rings (SSSR count). The molecule has 1 heterocycles. The van der Waals surface area contributed by atoms with Crippen LogP contribution in [0.3, 0.4) is 0 Å². The van der Waals surface area contributed by atoms with Crippen molar-refractivity contribution >= 4 is 27.7 Å². The van der Waals surface area contributed by atoms with Gasteiger partial charge in [0.15, 0.2) is 0 Å². The van der Waals surface area contributed by atoms with Crippen LogP contribution in [-0.4, -0.2) is 21.9 Å². The highest BCUT2D eigenvalue weighted by molar-refractivity contribution is 9.10. The first-order valence-electron chi connectivity index (χ1n) is 5.82. The predicted octanol–water partition coefficient (Wildman–Crippen LogP) is 1.65. The van der Waals surface area contributed by atoms with Crippen molar-refractivity contribution in [2.75, 3.05) is 0 Å². The molecule has 0 aromatic carbocycles. The summed E-state index contributed by atoms with van der Waals surface area (Å²) in [6.07, 6.45) is 2.27. The lowest BCUT2D eigenvalue weighted by molar-refractivity contribution is -0.123. The van der Waals surface area contributed by atoms with E-state index in [1.54, 1.807) is 24.5 Å². The summed E-state index contributed by atoms with van der Waals surface area (Å²) in [6, 6.07) is 1.72. The number of hydrogen-bond donors (Lipinski definition) is 2. The van der Waals surface area contributed by atoms with E-state index in [1.807, 2.05) is 13.1 Å². The fraction of sp³-hybridized carbons (Fsp3) is 0.500. The smallest absolute Gasteiger partial charge is 0.268 e. The number of nitrogens with zero attached hydrogens (tertiary/aromatic N) is 1. The molecular formula is C12H18BrN3O2. The Morgan fingerprint density at radius 2 is 2.11 bits per heavy atom. The van der Waals surface area contributed by atoms with Crippen molar-refractivity contribution in [1.82, 2.24) is 9.88 Å². The topological polar surface area (TPSA) is 77.1 Å². The van der Waals surface area contributed by atoms with Crippen molar-refractivity contribution in [3.63, 3.8) is 0 Å². The summed E-state index contributed by atoms with van der Waals surface area (Å²) in [5.74, 6) is -0.835. The fourth-order valence-corrected chi connectivity index (χ4v) is 2.03. The average Bonchev–Trinajstić information content (AvgIpc) is 2.70. The van der Waals surface area contributed by atoms with Crippen LogP contribution in [0.4, 0.5) is 0 Å². The van der Waals surface area contributed by atoms with Crippen molar-refractivity contribution in [3.05, 3.63) is 22.4 Å². The Labute approximate surface area is 115 Å². The number of aryl methyl sites for hydroxylation is 1. The van der Waals surface area contributed by atoms with Crippen LogP contribution >= 0.6 is 15.9 Å². The van der Waals surface area contributed by atoms with Crippen LogP contribution in [0, 0.1) is 0 Å². The number of nitrogens with one attached hydrogen (secondary N) is 1. The molecule has 3 N–H and O–H groups in total. The van der Waals surface area contributed by atoms with Gasteiger partial charge < -0.3 is 15.6 Å². The highest BCUT2D eigenvalue weighted by Gasteiger charge is 2.31. The molecule has 5 nitrogen and oxygen atoms in total. The van der Waals surface area contributed by atoms with Crippen LogP contribution in [0.25, 0.3) is 0 Å². The third-order valence-electron chi connectivity index (χ3n) is 3.08. The molecule has 0 spiro atoms. The lowest BCUT2D eigenvalue weighted by Gasteiger charge is -2.26. The maximum absolute atomic E-state index is 12.2. The van der Waals surface area contributed by atoms with E-state index in [0.717, 1.165) is 4.47 Å². The third-order valence-corrected chi connectivity index (χ3v) is 3.51. The Bertz CT molecular complexity index is 470. The predicted molar refractivity (Wildman–Crippen MR) is 73.2 cm³/mol. The number of nitrogens with two attached hydrogens (primary N) is 1. The number of carbonyl (C=O) groups is 2. The number of carbonyl (C=O) groups excluding carboxylic acids is 2. The summed E-state index contributed by atoms with van der Waals surface area (Å²) in [7, 11) is 0. The van der Waals surface area contributed by atoms with Gasteiger partial charge in [-0.3, -0.25) is 9.59 Å². The van der Waals surface area contributed by atoms with Crippen LogP contribution in [0.2, 0.25) is 0 Å². The summed E-state index contributed by atoms with van der Waals surface area (Å²) in [4.78, 5) is 23.5. The molecule has 1 unspecified atom stereocenters. The van der Waals surface area contributed by atoms with Crippen LogP contribution < -0.4 is 11.1 Å². The highest BCUT2D eigenvalue weighted by Crippen LogP contribution is 2.16. The monoisotopic (exact) mass is 315 g/mol. The minimum atomic E-state index is -1.02. The molecule has 100 valence electrons. The van der Waals surface area contributed by atoms with E-state index in [9.17, 15) is 9.59 Å². The molecule has 0 bridgehead atoms. The van der Waals surface area contributed by atoms with Gasteiger partial charge in [-0.15, -0.1) is 0 Å². The molecule has 0 aliphatic heterocycles. The average molecular weight is 316 g/mol. The Morgan fingerprint density at radius 3 is 2.56 bits per heavy atom. The quantitative estimate of drug-likeness (QED) is 0.866. The van der Waals surface area contributed by atoms with Crippen molar-refractivity contribution in [2.24, 2.45) is 5.73 Å². The molecular weight excluding hydrogens is 298 g/mol. The van der Waals surface area contributed by atoms with E-state index >= 15 is 0 Å². The number of hydrogen-bond acceptors (Lipinski definition) is 2. The standard InChI is InChI=1S/C12H18BrN3O2/c1-4-12(3,11(14)18)15-10(17)9-6-8(13)7-16(9)5-2/h6-7H,4-5H2,1-3H3,(H2,14,18)(H,15,17). The molecule has 6 heteroatoms. The third kappa shape index (κ3) is 2.93. The van der Waals surface area contributed by atoms with Gasteiger partial charge in [0, 0.05) is 17.2 Å². The maximum atomic E-state index is 12.2. The van der Waals surface area contributed by atoms with Gasteiger partial charge in [-0.1, -0.05) is 6.92 Å². The SMILES string of the molecule is CCn1cc(Br)cc1C(=O)NC(C)(CC)C(N)=O. The zero-order valence-corrected chi connectivity index (χ0v) is 12.4. The minimum Gasteiger partial charge on any atom is -0.368 e. The second-order valence-electron chi connectivity index (χ2n) is 4.33. The van der Waals surface area contributed by atoms with Crippen LogP contribution in [0.5, 0.6) is 0 Å². The van der Waals surface area contributed by atoms with Crippen LogP contribution in [0.1, 0.15) is 37.7 Å². The van der Waals surface area contributed by atoms with Gasteiger partial charge in [-0.05, 0) is 42.3 Å². The molecule has 0 fully saturated rings. The van der Waals surface area contributed by atoms with Gasteiger partial charge in [0.2, 0.25) is 5.91 Å². The van der Waals surface area contributed by atoms with E-state index in [2.05, 4.69) is 21.2 Å². The first-order chi connectivity index (χ1) is 8.34. The number of rotatable bonds is 5. The van der Waals surface area contributed by atoms with E-state index in [-0.39, 0.29) is 5.91 Å². The zero-order valence-electron chi connectivity index (χ0n) is 10.8. The molecule has 0 aliphatic rings. The second kappa shape index (κ2) is 5.56. The summed E-state index contributed by atoms with van der Waals surface area (Å²) >= 11 is 3.33. The summed E-state index contributed by atoms with van der Waals surface area (Å²) in [5.41, 5.74) is 4.80. The summed E-state index contributed by atoms with van der Waals surface area (Å²) in [6.45, 7) is 6.05. The van der Waals surface area contributed by atoms with Crippen molar-refractivity contribution in [2.45, 2.75) is 39.3 Å². The first-order valence-corrected chi connectivity index (χ1v) is 6.61. The van der Waals surface area contributed by atoms with Crippen LogP contribution in [0.15, 0.2) is 16.7 Å². The molecule has 0 saturated carbocycles. The Kier molecular flexibility index (Phi) is 4.56. The molecule has 1 atom stereocenters. The lowest BCUT2D eigenvalue weighted by Crippen LogP contribution is -2.55. The molecule has 0 aliphatic carbocycles. The maximum Gasteiger partial charge on any atom is 0.268 e. The van der Waals surface area contributed by atoms with Gasteiger partial charge in [0.05, 0.1) is 0 Å². The summed E-state index contributed by atoms with van der Waals surface area (Å²) in [5, 5.41) is 2.69. The fourth-order valence-electron chi connectivity index (χ4n) is 1.57. The summed E-state index contributed by atoms with van der Waals surface area (Å²) < 4.78 is 2.63. The molecule has 18 heavy (non-hydrogen) atoms. The van der Waals surface area contributed by atoms with E-state index < -0.39 is 11.4 Å². The first kappa shape index (κ1) is 14.8. The molecule has 1 aromatic rings. The highest BCUT2D eigenvalue weighted by atomic mass is 79.9. The minimum absolute atomic E-state index is 0.300. The molecule has 1 aromatic heterocycles. The largest absolute Gasteiger partial charge is 0.368 e. The molecule has 0 saturated heterocycles. The number of primary amides is 1. The lowest BCUT2D eigenvalue weighted by atomic mass is 9.98. The van der Waals surface area contributed by atoms with E-state index in [0.29, 0.717) is 18.7 Å². The van der Waals surface area contributed by atoms with Gasteiger partial charge in [0.25, 0.3) is 5.91 Å². The number of amides is 2. The van der Waals surface area contributed by atoms with Crippen molar-refractivity contribution in [1.29, 1.82) is 0 Å². The second-order valence-corrected chi connectivity index (χ2v) is 5.25. The number of halogens is 1. The van der Waals surface area contributed by atoms with Gasteiger partial charge in [-0.25, -0.2) is 0 Å². The van der Waals surface area contributed by atoms with E-state index in [1.165, 1.54) is 0 Å². The van der Waals surface area contributed by atoms with Crippen molar-refractivity contribution < 1.29 is 9.59 Å². The Balaban J connectivity index is 2.98. The van der Waals surface area contributed by atoms with Crippen molar-refractivity contribution in [3.8, 4) is 0 Å². The molecule has 0 radical (unpaired) electrons. The van der Waals surface area contributed by atoms with Gasteiger partial charge >= 0.3 is 0 Å². The normalized spacial score (nSPS) is 14.0. The Morgan fingerprint density at radius 1 is 1.50 bits per heavy atom. The van der Waals surface area contributed by atoms with Gasteiger partial charge in [0.1, 0.15) is 11.2 Å². The Hall–Kier alpha value is -1.30. The number of aromatic nitrogens is 1. The molecule has 2 amide bonds. The van der Waals surface area contributed by atoms with Crippen LogP contribution in [-0.2, 0) is 11.3 Å². The zero-order chi connectivity index (χ0) is 13.9.